The van der Waals surface area contributed by atoms with Crippen LogP contribution in [0.5, 0.6) is 5.75 Å². The molecule has 9 heteroatoms. The van der Waals surface area contributed by atoms with Crippen molar-refractivity contribution in [2.45, 2.75) is 11.3 Å². The van der Waals surface area contributed by atoms with E-state index in [9.17, 15) is 17.2 Å². The minimum atomic E-state index is -4.34. The number of rotatable bonds is 2. The minimum Gasteiger partial charge on any atom is -0.505 e. The minimum absolute atomic E-state index is 0.264. The Bertz CT molecular complexity index is 491. The number of hydrogen-bond donors (Lipinski definition) is 2. The molecule has 15 heavy (non-hydrogen) atoms. The predicted octanol–water partition coefficient (Wildman–Crippen LogP) is 0.977. The second kappa shape index (κ2) is 4.14. The topological polar surface area (TPSA) is 93.3 Å². The van der Waals surface area contributed by atoms with Gasteiger partial charge in [0.05, 0.1) is 9.77 Å². The largest absolute Gasteiger partial charge is 0.505 e. The molecule has 0 aliphatic heterocycles. The number of sulfonamides is 1. The summed E-state index contributed by atoms with van der Waals surface area (Å²) < 4.78 is 46.6. The lowest BCUT2D eigenvalue weighted by Gasteiger charge is -2.08. The molecule has 0 aliphatic rings. The average Bonchev–Trinajstić information content (AvgIpc) is 2.06. The number of aromatic nitrogens is 1. The molecule has 0 aromatic carbocycles. The fraction of sp³-hybridized carbons (Fsp3) is 0.167. The van der Waals surface area contributed by atoms with E-state index in [1.807, 2.05) is 0 Å². The van der Waals surface area contributed by atoms with Crippen LogP contribution >= 0.6 is 22.6 Å². The lowest BCUT2D eigenvalue weighted by atomic mass is 10.3. The van der Waals surface area contributed by atoms with E-state index >= 15 is 0 Å². The first-order chi connectivity index (χ1) is 6.75. The Balaban J connectivity index is 3.65. The fourth-order valence-corrected chi connectivity index (χ4v) is 3.02. The van der Waals surface area contributed by atoms with Crippen molar-refractivity contribution < 1.29 is 22.3 Å². The maximum absolute atomic E-state index is 12.4. The van der Waals surface area contributed by atoms with Gasteiger partial charge < -0.3 is 5.11 Å². The van der Waals surface area contributed by atoms with Gasteiger partial charge in [-0.1, -0.05) is 0 Å². The van der Waals surface area contributed by atoms with Crippen LogP contribution in [-0.4, -0.2) is 18.5 Å². The SMILES string of the molecule is NS(=O)(=O)c1c(C(F)F)ncc(O)c1I. The van der Waals surface area contributed by atoms with E-state index in [2.05, 4.69) is 4.98 Å². The molecular weight excluding hydrogens is 345 g/mol. The number of halogens is 3. The van der Waals surface area contributed by atoms with Gasteiger partial charge in [-0.15, -0.1) is 0 Å². The Morgan fingerprint density at radius 2 is 2.07 bits per heavy atom. The molecule has 1 rings (SSSR count). The third kappa shape index (κ3) is 2.52. The molecule has 0 fully saturated rings. The van der Waals surface area contributed by atoms with Gasteiger partial charge in [-0.2, -0.15) is 0 Å². The molecule has 0 spiro atoms. The number of hydrogen-bond acceptors (Lipinski definition) is 4. The smallest absolute Gasteiger partial charge is 0.281 e. The molecule has 1 aromatic heterocycles. The zero-order chi connectivity index (χ0) is 11.8. The molecule has 1 aromatic rings. The molecule has 0 saturated heterocycles. The molecule has 0 saturated carbocycles. The van der Waals surface area contributed by atoms with Crippen molar-refractivity contribution in [2.75, 3.05) is 0 Å². The Labute approximate surface area is 97.5 Å². The molecule has 0 unspecified atom stereocenters. The highest BCUT2D eigenvalue weighted by atomic mass is 127. The van der Waals surface area contributed by atoms with Crippen molar-refractivity contribution in [3.05, 3.63) is 15.5 Å². The fourth-order valence-electron chi connectivity index (χ4n) is 0.901. The highest BCUT2D eigenvalue weighted by Crippen LogP contribution is 2.32. The van der Waals surface area contributed by atoms with Crippen LogP contribution in [0.3, 0.4) is 0 Å². The third-order valence-electron chi connectivity index (χ3n) is 1.47. The zero-order valence-corrected chi connectivity index (χ0v) is 9.96. The third-order valence-corrected chi connectivity index (χ3v) is 3.91. The summed E-state index contributed by atoms with van der Waals surface area (Å²) in [6.07, 6.45) is -2.33. The maximum Gasteiger partial charge on any atom is 0.281 e. The highest BCUT2D eigenvalue weighted by Gasteiger charge is 2.26. The molecule has 0 amide bonds. The molecule has 0 radical (unpaired) electrons. The molecule has 5 nitrogen and oxygen atoms in total. The summed E-state index contributed by atoms with van der Waals surface area (Å²) in [7, 11) is -4.34. The molecule has 1 heterocycles. The highest BCUT2D eigenvalue weighted by molar-refractivity contribution is 14.1. The van der Waals surface area contributed by atoms with Gasteiger partial charge in [0.15, 0.2) is 0 Å². The molecule has 84 valence electrons. The summed E-state index contributed by atoms with van der Waals surface area (Å²) in [6, 6.07) is 0. The van der Waals surface area contributed by atoms with E-state index in [0.29, 0.717) is 0 Å². The van der Waals surface area contributed by atoms with Gasteiger partial charge in [0.25, 0.3) is 6.43 Å². The summed E-state index contributed by atoms with van der Waals surface area (Å²) in [6.45, 7) is 0. The van der Waals surface area contributed by atoms with E-state index in [0.717, 1.165) is 6.20 Å². The van der Waals surface area contributed by atoms with Gasteiger partial charge in [-0.25, -0.2) is 27.3 Å². The van der Waals surface area contributed by atoms with E-state index < -0.39 is 32.8 Å². The monoisotopic (exact) mass is 350 g/mol. The quantitative estimate of drug-likeness (QED) is 0.778. The van der Waals surface area contributed by atoms with E-state index in [1.165, 1.54) is 22.6 Å². The van der Waals surface area contributed by atoms with Crippen molar-refractivity contribution in [3.63, 3.8) is 0 Å². The summed E-state index contributed by atoms with van der Waals surface area (Å²) in [5, 5.41) is 13.9. The van der Waals surface area contributed by atoms with E-state index in [4.69, 9.17) is 10.2 Å². The number of aromatic hydroxyl groups is 1. The average molecular weight is 350 g/mol. The van der Waals surface area contributed by atoms with Crippen LogP contribution < -0.4 is 5.14 Å². The second-order valence-electron chi connectivity index (χ2n) is 2.52. The zero-order valence-electron chi connectivity index (χ0n) is 6.99. The lowest BCUT2D eigenvalue weighted by Crippen LogP contribution is -2.17. The van der Waals surface area contributed by atoms with Gasteiger partial charge in [0, 0.05) is 0 Å². The molecule has 0 aliphatic carbocycles. The number of alkyl halides is 2. The summed E-state index contributed by atoms with van der Waals surface area (Å²) in [5.74, 6) is -0.510. The van der Waals surface area contributed by atoms with Crippen LogP contribution in [0.2, 0.25) is 0 Å². The maximum atomic E-state index is 12.4. The Kier molecular flexibility index (Phi) is 3.45. The van der Waals surface area contributed by atoms with Crippen molar-refractivity contribution in [1.29, 1.82) is 0 Å². The lowest BCUT2D eigenvalue weighted by molar-refractivity contribution is 0.142. The van der Waals surface area contributed by atoms with E-state index in [1.54, 1.807) is 0 Å². The molecule has 3 N–H and O–H groups in total. The van der Waals surface area contributed by atoms with Gasteiger partial charge in [0.2, 0.25) is 10.0 Å². The number of nitrogens with zero attached hydrogens (tertiary/aromatic N) is 1. The van der Waals surface area contributed by atoms with Crippen molar-refractivity contribution in [3.8, 4) is 5.75 Å². The van der Waals surface area contributed by atoms with Gasteiger partial charge >= 0.3 is 0 Å². The Morgan fingerprint density at radius 1 is 1.53 bits per heavy atom. The van der Waals surface area contributed by atoms with Crippen LogP contribution in [0.1, 0.15) is 12.1 Å². The predicted molar refractivity (Wildman–Crippen MR) is 54.9 cm³/mol. The van der Waals surface area contributed by atoms with Crippen LogP contribution in [0.25, 0.3) is 0 Å². The molecule has 0 bridgehead atoms. The Hall–Kier alpha value is -0.550. The number of nitrogens with two attached hydrogens (primary N) is 1. The van der Waals surface area contributed by atoms with Crippen molar-refractivity contribution in [2.24, 2.45) is 5.14 Å². The second-order valence-corrected chi connectivity index (χ2v) is 5.09. The van der Waals surface area contributed by atoms with Gasteiger partial charge in [0.1, 0.15) is 16.3 Å². The van der Waals surface area contributed by atoms with E-state index in [-0.39, 0.29) is 3.57 Å². The normalized spacial score (nSPS) is 12.1. The summed E-state index contributed by atoms with van der Waals surface area (Å²) in [4.78, 5) is 2.31. The first kappa shape index (κ1) is 12.5. The first-order valence-electron chi connectivity index (χ1n) is 3.43. The molecule has 0 atom stereocenters. The van der Waals surface area contributed by atoms with Crippen molar-refractivity contribution >= 4 is 32.6 Å². The van der Waals surface area contributed by atoms with Gasteiger partial charge in [-0.3, -0.25) is 0 Å². The first-order valence-corrected chi connectivity index (χ1v) is 6.06. The summed E-state index contributed by atoms with van der Waals surface area (Å²) >= 11 is 1.41. The summed E-state index contributed by atoms with van der Waals surface area (Å²) in [5.41, 5.74) is -0.959. The Morgan fingerprint density at radius 3 is 2.47 bits per heavy atom. The van der Waals surface area contributed by atoms with Crippen LogP contribution in [0, 0.1) is 3.57 Å². The standard InChI is InChI=1S/C6H5F2IN2O3S/c7-6(8)4-5(15(10,13)14)3(9)2(12)1-11-4/h1,6,12H,(H2,10,13,14). The van der Waals surface area contributed by atoms with Crippen LogP contribution in [-0.2, 0) is 10.0 Å². The van der Waals surface area contributed by atoms with Gasteiger partial charge in [-0.05, 0) is 22.6 Å². The van der Waals surface area contributed by atoms with Crippen LogP contribution in [0.4, 0.5) is 8.78 Å². The van der Waals surface area contributed by atoms with Crippen molar-refractivity contribution in [1.82, 2.24) is 4.98 Å². The molecular formula is C6H5F2IN2O3S. The number of pyridine rings is 1. The number of primary sulfonamides is 1. The van der Waals surface area contributed by atoms with Crippen LogP contribution in [0.15, 0.2) is 11.1 Å².